The van der Waals surface area contributed by atoms with E-state index in [1.807, 2.05) is 0 Å². The summed E-state index contributed by atoms with van der Waals surface area (Å²) in [5, 5.41) is 142. The Morgan fingerprint density at radius 1 is 0.356 bits per heavy atom. The molecule has 0 bridgehead atoms. The molecule has 14 N–H and O–H groups in total. The molecule has 0 radical (unpaired) electrons. The molecule has 4 heterocycles. The van der Waals surface area contributed by atoms with Gasteiger partial charge in [0.2, 0.25) is 0 Å². The zero-order valence-corrected chi connectivity index (χ0v) is 23.5. The molecule has 0 saturated carbocycles. The number of hydrogen-bond donors (Lipinski definition) is 14. The van der Waals surface area contributed by atoms with Gasteiger partial charge in [0.05, 0.1) is 26.4 Å². The molecule has 0 aliphatic carbocycles. The Kier molecular flexibility index (Phi) is 12.8. The highest BCUT2D eigenvalue weighted by atomic mass is 16.8. The summed E-state index contributed by atoms with van der Waals surface area (Å²) in [5.41, 5.74) is 0. The van der Waals surface area contributed by atoms with E-state index in [-0.39, 0.29) is 0 Å². The van der Waals surface area contributed by atoms with E-state index in [0.717, 1.165) is 0 Å². The van der Waals surface area contributed by atoms with Gasteiger partial charge in [0.1, 0.15) is 97.7 Å². The minimum absolute atomic E-state index is 0.718. The fourth-order valence-electron chi connectivity index (χ4n) is 5.36. The highest BCUT2D eigenvalue weighted by Gasteiger charge is 2.53. The molecule has 0 amide bonds. The molecule has 264 valence electrons. The smallest absolute Gasteiger partial charge is 0.189 e. The Morgan fingerprint density at radius 3 is 1.16 bits per heavy atom. The molecule has 4 aliphatic rings. The predicted molar refractivity (Wildman–Crippen MR) is 134 cm³/mol. The van der Waals surface area contributed by atoms with Crippen molar-refractivity contribution >= 4 is 0 Å². The monoisotopic (exact) mass is 666 g/mol. The van der Waals surface area contributed by atoms with E-state index >= 15 is 0 Å². The van der Waals surface area contributed by atoms with Crippen LogP contribution in [-0.2, 0) is 33.2 Å². The molecule has 20 atom stereocenters. The van der Waals surface area contributed by atoms with Crippen molar-refractivity contribution in [3.05, 3.63) is 0 Å². The summed E-state index contributed by atoms with van der Waals surface area (Å²) in [6.07, 6.45) is -34.8. The van der Waals surface area contributed by atoms with Crippen LogP contribution < -0.4 is 0 Å². The summed E-state index contributed by atoms with van der Waals surface area (Å²) in [7, 11) is 0. The quantitative estimate of drug-likeness (QED) is 0.103. The number of aliphatic hydroxyl groups excluding tert-OH is 14. The summed E-state index contributed by atoms with van der Waals surface area (Å²) in [6, 6.07) is 0. The average molecular weight is 667 g/mol. The van der Waals surface area contributed by atoms with Gasteiger partial charge in [-0.2, -0.15) is 0 Å². The summed E-state index contributed by atoms with van der Waals surface area (Å²) in [4.78, 5) is 0. The van der Waals surface area contributed by atoms with E-state index < -0.39 is 149 Å². The fraction of sp³-hybridized carbons (Fsp3) is 1.00. The molecule has 21 nitrogen and oxygen atoms in total. The van der Waals surface area contributed by atoms with Crippen molar-refractivity contribution in [2.45, 2.75) is 123 Å². The van der Waals surface area contributed by atoms with Crippen LogP contribution >= 0.6 is 0 Å². The third-order valence-corrected chi connectivity index (χ3v) is 8.17. The van der Waals surface area contributed by atoms with Crippen molar-refractivity contribution in [2.24, 2.45) is 0 Å². The summed E-state index contributed by atoms with van der Waals surface area (Å²) in [6.45, 7) is -3.13. The first-order valence-electron chi connectivity index (χ1n) is 14.1. The van der Waals surface area contributed by atoms with Crippen LogP contribution in [0.15, 0.2) is 0 Å². The van der Waals surface area contributed by atoms with Gasteiger partial charge in [0, 0.05) is 0 Å². The fourth-order valence-corrected chi connectivity index (χ4v) is 5.36. The number of aliphatic hydroxyl groups is 14. The Labute approximate surface area is 254 Å². The largest absolute Gasteiger partial charge is 0.394 e. The standard InChI is InChI=1S/C24H42O21/c25-1-5-9(28)12(31)16(35)22(40-5)44-20-7(3-27)42-21(19(38)15(20)34)39-4-8-11(30)14(33)18(37)24(43-8)45-23-17(36)13(32)10(29)6(2-26)41-23/h5-38H,1-4H2/t5-,6-,7-,8-,9-,10-,11-,12+,13+,14+,15-,16-,17-,18-,19-,20-,21-,22+,23-,24-/m1/s1. The lowest BCUT2D eigenvalue weighted by atomic mass is 9.97. The highest BCUT2D eigenvalue weighted by Crippen LogP contribution is 2.32. The van der Waals surface area contributed by atoms with Crippen molar-refractivity contribution < 1.29 is 105 Å². The van der Waals surface area contributed by atoms with Crippen LogP contribution in [0.2, 0.25) is 0 Å². The molecule has 21 heteroatoms. The SMILES string of the molecule is OC[C@H]1O[C@@H](O[C@H]2[C@H](O)[C@@H](O)[C@H](OC[C@H]3O[C@H](O[C@H]4O[C@H](CO)[C@@H](O)[C@H](O)[C@H]4O)[C@H](O)[C@@H](O)[C@@H]3O)O[C@@H]2CO)[C@H](O)[C@@H](O)[C@@H]1O. The van der Waals surface area contributed by atoms with Gasteiger partial charge in [0.15, 0.2) is 25.2 Å². The molecule has 0 aromatic heterocycles. The van der Waals surface area contributed by atoms with Crippen LogP contribution in [0, 0.1) is 0 Å². The third-order valence-electron chi connectivity index (χ3n) is 8.17. The van der Waals surface area contributed by atoms with Crippen LogP contribution in [0.1, 0.15) is 0 Å². The van der Waals surface area contributed by atoms with E-state index in [4.69, 9.17) is 33.2 Å². The van der Waals surface area contributed by atoms with Gasteiger partial charge in [-0.1, -0.05) is 0 Å². The maximum atomic E-state index is 10.8. The minimum Gasteiger partial charge on any atom is -0.394 e. The molecule has 0 aromatic carbocycles. The summed E-state index contributed by atoms with van der Waals surface area (Å²) >= 11 is 0. The van der Waals surface area contributed by atoms with E-state index in [2.05, 4.69) is 0 Å². The number of rotatable bonds is 10. The normalized spacial score (nSPS) is 52.9. The molecular weight excluding hydrogens is 624 g/mol. The minimum atomic E-state index is -1.94. The topological polar surface area (TPSA) is 348 Å². The Morgan fingerprint density at radius 2 is 0.711 bits per heavy atom. The van der Waals surface area contributed by atoms with Gasteiger partial charge in [-0.15, -0.1) is 0 Å². The first-order valence-corrected chi connectivity index (χ1v) is 14.1. The van der Waals surface area contributed by atoms with E-state index in [0.29, 0.717) is 0 Å². The van der Waals surface area contributed by atoms with Gasteiger partial charge in [-0.3, -0.25) is 0 Å². The maximum absolute atomic E-state index is 10.8. The van der Waals surface area contributed by atoms with Crippen molar-refractivity contribution in [2.75, 3.05) is 26.4 Å². The average Bonchev–Trinajstić information content (AvgIpc) is 3.03. The van der Waals surface area contributed by atoms with Crippen LogP contribution in [0.25, 0.3) is 0 Å². The lowest BCUT2D eigenvalue weighted by Crippen LogP contribution is -2.65. The lowest BCUT2D eigenvalue weighted by molar-refractivity contribution is -0.383. The number of ether oxygens (including phenoxy) is 7. The first-order chi connectivity index (χ1) is 21.2. The van der Waals surface area contributed by atoms with Gasteiger partial charge in [-0.05, 0) is 0 Å². The van der Waals surface area contributed by atoms with E-state index in [1.165, 1.54) is 0 Å². The summed E-state index contributed by atoms with van der Waals surface area (Å²) < 4.78 is 37.6. The first kappa shape index (κ1) is 37.0. The molecule has 45 heavy (non-hydrogen) atoms. The van der Waals surface area contributed by atoms with Crippen molar-refractivity contribution in [3.63, 3.8) is 0 Å². The third kappa shape index (κ3) is 7.59. The molecule has 0 aromatic rings. The highest BCUT2D eigenvalue weighted by molar-refractivity contribution is 4.95. The van der Waals surface area contributed by atoms with Gasteiger partial charge >= 0.3 is 0 Å². The molecule has 0 spiro atoms. The van der Waals surface area contributed by atoms with Crippen LogP contribution in [0.3, 0.4) is 0 Å². The zero-order valence-electron chi connectivity index (χ0n) is 23.5. The molecule has 4 rings (SSSR count). The second-order valence-corrected chi connectivity index (χ2v) is 11.2. The van der Waals surface area contributed by atoms with E-state index in [9.17, 15) is 71.5 Å². The Balaban J connectivity index is 1.38. The van der Waals surface area contributed by atoms with Crippen molar-refractivity contribution in [3.8, 4) is 0 Å². The predicted octanol–water partition coefficient (Wildman–Crippen LogP) is -9.75. The zero-order chi connectivity index (χ0) is 33.3. The van der Waals surface area contributed by atoms with Crippen LogP contribution in [-0.4, -0.2) is 221 Å². The van der Waals surface area contributed by atoms with Gasteiger partial charge in [0.25, 0.3) is 0 Å². The second-order valence-electron chi connectivity index (χ2n) is 11.2. The lowest BCUT2D eigenvalue weighted by Gasteiger charge is -2.46. The maximum Gasteiger partial charge on any atom is 0.189 e. The van der Waals surface area contributed by atoms with Crippen molar-refractivity contribution in [1.29, 1.82) is 0 Å². The molecular formula is C24H42O21. The second kappa shape index (κ2) is 15.6. The Hall–Kier alpha value is -0.840. The molecule has 4 saturated heterocycles. The molecule has 0 unspecified atom stereocenters. The summed E-state index contributed by atoms with van der Waals surface area (Å²) in [5.74, 6) is 0. The molecule has 4 fully saturated rings. The van der Waals surface area contributed by atoms with Crippen LogP contribution in [0.5, 0.6) is 0 Å². The molecule has 4 aliphatic heterocycles. The van der Waals surface area contributed by atoms with E-state index in [1.54, 1.807) is 0 Å². The van der Waals surface area contributed by atoms with Gasteiger partial charge in [-0.25, -0.2) is 0 Å². The van der Waals surface area contributed by atoms with Crippen LogP contribution in [0.4, 0.5) is 0 Å². The van der Waals surface area contributed by atoms with Gasteiger partial charge < -0.3 is 105 Å². The van der Waals surface area contributed by atoms with Crippen molar-refractivity contribution in [1.82, 2.24) is 0 Å². The number of hydrogen-bond acceptors (Lipinski definition) is 21. The Bertz CT molecular complexity index is 912.